The molecule has 128 valence electrons. The Morgan fingerprint density at radius 1 is 1.33 bits per heavy atom. The number of carbonyl (C=O) groups is 1. The van der Waals surface area contributed by atoms with E-state index in [0.29, 0.717) is 27.3 Å². The van der Waals surface area contributed by atoms with E-state index in [2.05, 4.69) is 15.2 Å². The molecule has 4 nitrogen and oxygen atoms in total. The average molecular weight is 355 g/mol. The molecule has 2 saturated heterocycles. The van der Waals surface area contributed by atoms with Gasteiger partial charge in [-0.1, -0.05) is 0 Å². The van der Waals surface area contributed by atoms with E-state index >= 15 is 0 Å². The summed E-state index contributed by atoms with van der Waals surface area (Å²) in [5.74, 6) is 0.317. The summed E-state index contributed by atoms with van der Waals surface area (Å²) in [4.78, 5) is 18.1. The van der Waals surface area contributed by atoms with Crippen molar-refractivity contribution in [2.24, 2.45) is 5.92 Å². The zero-order valence-electron chi connectivity index (χ0n) is 12.8. The molecular weight excluding hydrogens is 339 g/mol. The van der Waals surface area contributed by atoms with Crippen LogP contribution in [0.2, 0.25) is 0 Å². The minimum atomic E-state index is -4.37. The first-order chi connectivity index (χ1) is 11.4. The molecule has 0 aliphatic carbocycles. The van der Waals surface area contributed by atoms with Crippen LogP contribution in [0.3, 0.4) is 0 Å². The Balaban J connectivity index is 1.52. The Labute approximate surface area is 140 Å². The number of carbonyl (C=O) groups excluding carboxylic acids is 1. The number of nitrogens with one attached hydrogen (secondary N) is 1. The first-order valence-electron chi connectivity index (χ1n) is 7.88. The lowest BCUT2D eigenvalue weighted by atomic mass is 9.97. The van der Waals surface area contributed by atoms with Crippen LogP contribution in [0.15, 0.2) is 18.3 Å². The number of rotatable bonds is 2. The second-order valence-corrected chi connectivity index (χ2v) is 7.62. The van der Waals surface area contributed by atoms with Gasteiger partial charge in [0.2, 0.25) is 0 Å². The molecule has 8 heteroatoms. The van der Waals surface area contributed by atoms with Crippen molar-refractivity contribution in [2.75, 3.05) is 19.6 Å². The molecule has 2 fully saturated rings. The van der Waals surface area contributed by atoms with Gasteiger partial charge in [0.25, 0.3) is 5.91 Å². The van der Waals surface area contributed by atoms with Crippen molar-refractivity contribution in [3.63, 3.8) is 0 Å². The molecular formula is C16H16F3N3OS. The SMILES string of the molecule is O=C(NC1CC2CCN(C2)C1)c1cc2sc(C(F)(F)F)cc2cn1. The van der Waals surface area contributed by atoms with E-state index in [9.17, 15) is 18.0 Å². The first-order valence-corrected chi connectivity index (χ1v) is 8.70. The van der Waals surface area contributed by atoms with Crippen LogP contribution >= 0.6 is 11.3 Å². The number of hydrogen-bond acceptors (Lipinski definition) is 4. The molecule has 2 aliphatic heterocycles. The summed E-state index contributed by atoms with van der Waals surface area (Å²) in [5, 5.41) is 3.39. The first kappa shape index (κ1) is 15.8. The molecule has 2 bridgehead atoms. The predicted octanol–water partition coefficient (Wildman–Crippen LogP) is 3.14. The maximum absolute atomic E-state index is 12.8. The average Bonchev–Trinajstić information content (AvgIpc) is 3.09. The summed E-state index contributed by atoms with van der Waals surface area (Å²) in [7, 11) is 0. The molecule has 1 amide bonds. The van der Waals surface area contributed by atoms with E-state index in [0.717, 1.165) is 32.1 Å². The molecule has 4 heterocycles. The van der Waals surface area contributed by atoms with Crippen molar-refractivity contribution in [3.05, 3.63) is 28.9 Å². The van der Waals surface area contributed by atoms with Crippen molar-refractivity contribution in [1.29, 1.82) is 0 Å². The number of amides is 1. The van der Waals surface area contributed by atoms with E-state index < -0.39 is 11.1 Å². The van der Waals surface area contributed by atoms with Gasteiger partial charge in [0.15, 0.2) is 0 Å². The van der Waals surface area contributed by atoms with Gasteiger partial charge < -0.3 is 10.2 Å². The Morgan fingerprint density at radius 3 is 2.92 bits per heavy atom. The number of aromatic nitrogens is 1. The lowest BCUT2D eigenvalue weighted by molar-refractivity contribution is -0.134. The molecule has 24 heavy (non-hydrogen) atoms. The second kappa shape index (κ2) is 5.70. The number of alkyl halides is 3. The molecule has 3 atom stereocenters. The molecule has 0 saturated carbocycles. The van der Waals surface area contributed by atoms with Gasteiger partial charge in [-0.15, -0.1) is 11.3 Å². The maximum atomic E-state index is 12.8. The number of piperidine rings is 1. The fourth-order valence-electron chi connectivity index (χ4n) is 3.62. The van der Waals surface area contributed by atoms with Gasteiger partial charge in [0, 0.05) is 35.4 Å². The summed E-state index contributed by atoms with van der Waals surface area (Å²) >= 11 is 0.639. The molecule has 0 aromatic carbocycles. The maximum Gasteiger partial charge on any atom is 0.425 e. The van der Waals surface area contributed by atoms with E-state index in [-0.39, 0.29) is 17.6 Å². The molecule has 0 spiro atoms. The number of thiophene rings is 1. The Kier molecular flexibility index (Phi) is 3.76. The molecule has 1 N–H and O–H groups in total. The van der Waals surface area contributed by atoms with Crippen molar-refractivity contribution in [3.8, 4) is 0 Å². The predicted molar refractivity (Wildman–Crippen MR) is 85.0 cm³/mol. The van der Waals surface area contributed by atoms with Crippen LogP contribution < -0.4 is 5.32 Å². The smallest absolute Gasteiger partial charge is 0.347 e. The highest BCUT2D eigenvalue weighted by molar-refractivity contribution is 7.19. The number of hydrogen-bond donors (Lipinski definition) is 1. The third-order valence-corrected chi connectivity index (χ3v) is 5.86. The summed E-state index contributed by atoms with van der Waals surface area (Å²) < 4.78 is 38.8. The Hall–Kier alpha value is -1.67. The van der Waals surface area contributed by atoms with E-state index in [1.807, 2.05) is 0 Å². The summed E-state index contributed by atoms with van der Waals surface area (Å²) in [6, 6.07) is 2.61. The van der Waals surface area contributed by atoms with Crippen molar-refractivity contribution < 1.29 is 18.0 Å². The highest BCUT2D eigenvalue weighted by atomic mass is 32.1. The number of pyridine rings is 1. The lowest BCUT2D eigenvalue weighted by Gasteiger charge is -2.30. The summed E-state index contributed by atoms with van der Waals surface area (Å²) in [5.41, 5.74) is 0.172. The van der Waals surface area contributed by atoms with E-state index in [1.165, 1.54) is 18.7 Å². The normalized spacial score (nSPS) is 26.7. The summed E-state index contributed by atoms with van der Waals surface area (Å²) in [6.45, 7) is 3.02. The summed E-state index contributed by atoms with van der Waals surface area (Å²) in [6.07, 6.45) is -0.903. The van der Waals surface area contributed by atoms with Crippen LogP contribution in [0, 0.1) is 5.92 Å². The number of nitrogens with zero attached hydrogens (tertiary/aromatic N) is 2. The number of fused-ring (bicyclic) bond motifs is 3. The van der Waals surface area contributed by atoms with Crippen molar-refractivity contribution in [1.82, 2.24) is 15.2 Å². The molecule has 2 aromatic rings. The molecule has 3 unspecified atom stereocenters. The van der Waals surface area contributed by atoms with Crippen molar-refractivity contribution in [2.45, 2.75) is 25.1 Å². The van der Waals surface area contributed by atoms with Gasteiger partial charge in [-0.2, -0.15) is 13.2 Å². The van der Waals surface area contributed by atoms with Crippen LogP contribution in [0.5, 0.6) is 0 Å². The molecule has 4 rings (SSSR count). The molecule has 2 aliphatic rings. The number of halogens is 3. The molecule has 2 aromatic heterocycles. The van der Waals surface area contributed by atoms with Gasteiger partial charge in [-0.3, -0.25) is 9.78 Å². The van der Waals surface area contributed by atoms with Gasteiger partial charge >= 0.3 is 6.18 Å². The van der Waals surface area contributed by atoms with E-state index in [1.54, 1.807) is 0 Å². The van der Waals surface area contributed by atoms with Crippen LogP contribution in [-0.2, 0) is 6.18 Å². The van der Waals surface area contributed by atoms with Crippen LogP contribution in [0.1, 0.15) is 28.2 Å². The third-order valence-electron chi connectivity index (χ3n) is 4.72. The minimum Gasteiger partial charge on any atom is -0.347 e. The zero-order valence-corrected chi connectivity index (χ0v) is 13.6. The van der Waals surface area contributed by atoms with Crippen LogP contribution in [0.4, 0.5) is 13.2 Å². The fraction of sp³-hybridized carbons (Fsp3) is 0.500. The lowest BCUT2D eigenvalue weighted by Crippen LogP contribution is -2.47. The topological polar surface area (TPSA) is 45.2 Å². The van der Waals surface area contributed by atoms with Gasteiger partial charge in [-0.25, -0.2) is 0 Å². The Bertz CT molecular complexity index is 776. The highest BCUT2D eigenvalue weighted by Crippen LogP contribution is 2.38. The van der Waals surface area contributed by atoms with Gasteiger partial charge in [0.05, 0.1) is 0 Å². The van der Waals surface area contributed by atoms with Gasteiger partial charge in [0.1, 0.15) is 10.6 Å². The monoisotopic (exact) mass is 355 g/mol. The minimum absolute atomic E-state index is 0.0883. The standard InChI is InChI=1S/C16H16F3N3OS/c17-16(18,19)14-4-10-6-20-12(5-13(10)24-14)15(23)21-11-3-9-1-2-22(7-9)8-11/h4-6,9,11H,1-3,7-8H2,(H,21,23). The Morgan fingerprint density at radius 2 is 2.17 bits per heavy atom. The third kappa shape index (κ3) is 3.00. The van der Waals surface area contributed by atoms with Crippen LogP contribution in [0.25, 0.3) is 10.1 Å². The quantitative estimate of drug-likeness (QED) is 0.900. The van der Waals surface area contributed by atoms with E-state index in [4.69, 9.17) is 0 Å². The highest BCUT2D eigenvalue weighted by Gasteiger charge is 2.34. The second-order valence-electron chi connectivity index (χ2n) is 6.54. The van der Waals surface area contributed by atoms with Crippen LogP contribution in [-0.4, -0.2) is 41.5 Å². The van der Waals surface area contributed by atoms with Gasteiger partial charge in [-0.05, 0) is 37.4 Å². The zero-order chi connectivity index (χ0) is 16.9. The fourth-order valence-corrected chi connectivity index (χ4v) is 4.56. The van der Waals surface area contributed by atoms with Crippen molar-refractivity contribution >= 4 is 27.3 Å². The molecule has 0 radical (unpaired) electrons. The largest absolute Gasteiger partial charge is 0.425 e.